The van der Waals surface area contributed by atoms with Gasteiger partial charge in [0.15, 0.2) is 5.82 Å². The Morgan fingerprint density at radius 1 is 1.26 bits per heavy atom. The third-order valence-corrected chi connectivity index (χ3v) is 5.37. The molecule has 1 saturated heterocycles. The summed E-state index contributed by atoms with van der Waals surface area (Å²) in [7, 11) is 0. The number of aromatic amines is 1. The maximum absolute atomic E-state index is 11.8. The summed E-state index contributed by atoms with van der Waals surface area (Å²) < 4.78 is 5.37. The van der Waals surface area contributed by atoms with Crippen molar-refractivity contribution in [1.29, 1.82) is 0 Å². The second kappa shape index (κ2) is 13.7. The molecule has 0 saturated carbocycles. The zero-order valence-electron chi connectivity index (χ0n) is 18.9. The number of carboxylic acid groups (broad SMARTS) is 1. The third kappa shape index (κ3) is 7.91. The minimum atomic E-state index is -0.817. The summed E-state index contributed by atoms with van der Waals surface area (Å²) in [6.07, 6.45) is 1.93. The highest BCUT2D eigenvalue weighted by Crippen LogP contribution is 2.30. The van der Waals surface area contributed by atoms with E-state index in [9.17, 15) is 9.90 Å². The fraction of sp³-hybridized carbons (Fsp3) is 0.636. The number of carboxylic acids is 1. The van der Waals surface area contributed by atoms with Gasteiger partial charge in [-0.1, -0.05) is 44.5 Å². The molecule has 0 unspecified atom stereocenters. The topological polar surface area (TPSA) is 116 Å². The highest BCUT2D eigenvalue weighted by atomic mass is 16.5. The van der Waals surface area contributed by atoms with Crippen LogP contribution >= 0.6 is 0 Å². The van der Waals surface area contributed by atoms with E-state index in [0.29, 0.717) is 18.7 Å². The van der Waals surface area contributed by atoms with Crippen molar-refractivity contribution in [2.45, 2.75) is 46.0 Å². The Balaban J connectivity index is 0.00000166. The molecule has 1 aliphatic heterocycles. The number of nitrogens with zero attached hydrogens (tertiary/aromatic N) is 4. The molecule has 1 aromatic carbocycles. The van der Waals surface area contributed by atoms with Crippen molar-refractivity contribution in [3.63, 3.8) is 0 Å². The number of hydrogen-bond acceptors (Lipinski definition) is 7. The van der Waals surface area contributed by atoms with Crippen LogP contribution < -0.4 is 5.32 Å². The molecular formula is C22H36N6O3. The molecule has 2 heterocycles. The monoisotopic (exact) mass is 432 g/mol. The van der Waals surface area contributed by atoms with E-state index in [1.165, 1.54) is 0 Å². The van der Waals surface area contributed by atoms with Gasteiger partial charge in [-0.3, -0.25) is 9.69 Å². The summed E-state index contributed by atoms with van der Waals surface area (Å²) in [6, 6.07) is 8.15. The lowest BCUT2D eigenvalue weighted by Gasteiger charge is -2.26. The van der Waals surface area contributed by atoms with Crippen LogP contribution in [0.3, 0.4) is 0 Å². The molecule has 0 spiro atoms. The molecule has 2 aromatic rings. The zero-order chi connectivity index (χ0) is 22.5. The number of nitrogens with one attached hydrogen (secondary N) is 2. The predicted octanol–water partition coefficient (Wildman–Crippen LogP) is 2.80. The molecule has 1 aromatic heterocycles. The van der Waals surface area contributed by atoms with Crippen LogP contribution in [0.2, 0.25) is 0 Å². The Morgan fingerprint density at radius 3 is 2.55 bits per heavy atom. The van der Waals surface area contributed by atoms with Crippen LogP contribution in [0.1, 0.15) is 50.9 Å². The van der Waals surface area contributed by atoms with Gasteiger partial charge in [0.2, 0.25) is 0 Å². The van der Waals surface area contributed by atoms with E-state index in [-0.39, 0.29) is 5.92 Å². The minimum Gasteiger partial charge on any atom is -0.481 e. The quantitative estimate of drug-likeness (QED) is 0.496. The van der Waals surface area contributed by atoms with Gasteiger partial charge in [0.05, 0.1) is 19.1 Å². The number of hydrogen-bond donors (Lipinski definition) is 3. The first-order chi connectivity index (χ1) is 15.2. The van der Waals surface area contributed by atoms with Crippen molar-refractivity contribution >= 4 is 11.7 Å². The predicted molar refractivity (Wildman–Crippen MR) is 120 cm³/mol. The smallest absolute Gasteiger partial charge is 0.307 e. The van der Waals surface area contributed by atoms with Crippen molar-refractivity contribution in [3.8, 4) is 0 Å². The first kappa shape index (κ1) is 24.7. The lowest BCUT2D eigenvalue weighted by atomic mass is 9.83. The number of anilines is 1. The molecule has 9 heteroatoms. The summed E-state index contributed by atoms with van der Waals surface area (Å²) in [5.41, 5.74) is 2.11. The molecule has 1 fully saturated rings. The van der Waals surface area contributed by atoms with Crippen LogP contribution in [-0.2, 0) is 16.0 Å². The average molecular weight is 433 g/mol. The fourth-order valence-electron chi connectivity index (χ4n) is 3.74. The van der Waals surface area contributed by atoms with Gasteiger partial charge in [0, 0.05) is 37.8 Å². The van der Waals surface area contributed by atoms with E-state index < -0.39 is 11.9 Å². The first-order valence-electron chi connectivity index (χ1n) is 11.3. The zero-order valence-corrected chi connectivity index (χ0v) is 18.9. The first-order valence-corrected chi connectivity index (χ1v) is 11.3. The Morgan fingerprint density at radius 2 is 1.97 bits per heavy atom. The van der Waals surface area contributed by atoms with Gasteiger partial charge in [0.1, 0.15) is 0 Å². The number of benzene rings is 1. The Hall–Kier alpha value is -2.52. The molecule has 3 rings (SSSR count). The molecule has 0 radical (unpaired) electrons. The Labute approximate surface area is 184 Å². The number of tetrazole rings is 1. The number of carbonyl (C=O) groups is 1. The highest BCUT2D eigenvalue weighted by molar-refractivity contribution is 5.71. The van der Waals surface area contributed by atoms with Gasteiger partial charge >= 0.3 is 5.97 Å². The summed E-state index contributed by atoms with van der Waals surface area (Å²) in [5, 5.41) is 27.3. The van der Waals surface area contributed by atoms with E-state index >= 15 is 0 Å². The number of morpholine rings is 1. The van der Waals surface area contributed by atoms with Crippen molar-refractivity contribution < 1.29 is 14.6 Å². The highest BCUT2D eigenvalue weighted by Gasteiger charge is 2.31. The van der Waals surface area contributed by atoms with E-state index in [2.05, 4.69) is 30.8 Å². The van der Waals surface area contributed by atoms with Gasteiger partial charge in [-0.15, -0.1) is 10.2 Å². The molecule has 0 amide bonds. The molecule has 172 valence electrons. The SMILES string of the molecule is CC.CCC[C@H](C(=O)O)[C@H](Cc1ccc(NCCN2CCOCC2)cc1)c1nn[nH]n1. The number of ether oxygens (including phenoxy) is 1. The van der Waals surface area contributed by atoms with E-state index in [1.54, 1.807) is 0 Å². The van der Waals surface area contributed by atoms with Crippen molar-refractivity contribution in [3.05, 3.63) is 35.7 Å². The lowest BCUT2D eigenvalue weighted by molar-refractivity contribution is -0.142. The normalized spacial score (nSPS) is 16.1. The van der Waals surface area contributed by atoms with Crippen LogP contribution in [0, 0.1) is 5.92 Å². The second-order valence-corrected chi connectivity index (χ2v) is 7.39. The van der Waals surface area contributed by atoms with Crippen molar-refractivity contribution in [2.75, 3.05) is 44.7 Å². The molecule has 9 nitrogen and oxygen atoms in total. The maximum atomic E-state index is 11.8. The van der Waals surface area contributed by atoms with Crippen LogP contribution in [0.25, 0.3) is 0 Å². The van der Waals surface area contributed by atoms with Gasteiger partial charge in [0.25, 0.3) is 0 Å². The third-order valence-electron chi connectivity index (χ3n) is 5.37. The maximum Gasteiger partial charge on any atom is 0.307 e. The molecule has 0 aliphatic carbocycles. The summed E-state index contributed by atoms with van der Waals surface area (Å²) in [6.45, 7) is 11.4. The molecule has 0 bridgehead atoms. The summed E-state index contributed by atoms with van der Waals surface area (Å²) in [4.78, 5) is 14.2. The van der Waals surface area contributed by atoms with E-state index in [0.717, 1.165) is 57.1 Å². The summed E-state index contributed by atoms with van der Waals surface area (Å²) in [5.74, 6) is -1.21. The molecule has 3 N–H and O–H groups in total. The molecular weight excluding hydrogens is 396 g/mol. The van der Waals surface area contributed by atoms with Crippen molar-refractivity contribution in [1.82, 2.24) is 25.5 Å². The van der Waals surface area contributed by atoms with E-state index in [4.69, 9.17) is 4.74 Å². The summed E-state index contributed by atoms with van der Waals surface area (Å²) >= 11 is 0. The number of rotatable bonds is 11. The number of aromatic nitrogens is 4. The van der Waals surface area contributed by atoms with Crippen LogP contribution in [0.5, 0.6) is 0 Å². The largest absolute Gasteiger partial charge is 0.481 e. The second-order valence-electron chi connectivity index (χ2n) is 7.39. The number of H-pyrrole nitrogens is 1. The molecule has 1 aliphatic rings. The Kier molecular flexibility index (Phi) is 10.9. The van der Waals surface area contributed by atoms with E-state index in [1.807, 2.05) is 45.0 Å². The molecule has 31 heavy (non-hydrogen) atoms. The standard InChI is InChI=1S/C20H30N6O3.C2H6/c1-2-3-17(20(27)28)18(19-22-24-25-23-19)14-15-4-6-16(7-5-15)21-8-9-26-10-12-29-13-11-26;1-2/h4-7,17-18,21H,2-3,8-14H2,1H3,(H,27,28)(H,22,23,24,25);1-2H3/t17-,18-;/m0./s1. The number of aliphatic carboxylic acids is 1. The van der Waals surface area contributed by atoms with Crippen LogP contribution in [0.15, 0.2) is 24.3 Å². The van der Waals surface area contributed by atoms with Gasteiger partial charge in [-0.05, 0) is 30.5 Å². The van der Waals surface area contributed by atoms with Crippen molar-refractivity contribution in [2.24, 2.45) is 5.92 Å². The van der Waals surface area contributed by atoms with Crippen LogP contribution in [0.4, 0.5) is 5.69 Å². The van der Waals surface area contributed by atoms with Crippen LogP contribution in [-0.4, -0.2) is 76.0 Å². The van der Waals surface area contributed by atoms with Gasteiger partial charge in [-0.25, -0.2) is 0 Å². The average Bonchev–Trinajstić information content (AvgIpc) is 3.34. The fourth-order valence-corrected chi connectivity index (χ4v) is 3.74. The molecule has 2 atom stereocenters. The Bertz CT molecular complexity index is 732. The van der Waals surface area contributed by atoms with Gasteiger partial charge < -0.3 is 15.2 Å². The lowest BCUT2D eigenvalue weighted by Crippen LogP contribution is -2.38. The minimum absolute atomic E-state index is 0.314. The van der Waals surface area contributed by atoms with Gasteiger partial charge in [-0.2, -0.15) is 5.21 Å².